The Balaban J connectivity index is 0.000000106. The highest BCUT2D eigenvalue weighted by Gasteiger charge is 2.49. The van der Waals surface area contributed by atoms with Crippen LogP contribution in [0, 0.1) is 40.9 Å². The minimum absolute atomic E-state index is 0.638. The molecular weight excluding hydrogens is 240 g/mol. The molecule has 108 valence electrons. The fraction of sp³-hybridized carbons (Fsp3) is 0.700. The quantitative estimate of drug-likeness (QED) is 0.517. The molecule has 0 aliphatic heterocycles. The van der Waals surface area contributed by atoms with E-state index in [0.717, 1.165) is 35.5 Å². The lowest BCUT2D eigenvalue weighted by molar-refractivity contribution is -0.00579. The van der Waals surface area contributed by atoms with E-state index in [1.807, 2.05) is 0 Å². The zero-order valence-corrected chi connectivity index (χ0v) is 13.2. The van der Waals surface area contributed by atoms with Gasteiger partial charge in [-0.3, -0.25) is 0 Å². The van der Waals surface area contributed by atoms with Crippen molar-refractivity contribution in [2.24, 2.45) is 40.9 Å². The maximum atomic E-state index is 2.44. The summed E-state index contributed by atoms with van der Waals surface area (Å²) in [6.45, 7) is 7.13. The second-order valence-corrected chi connectivity index (χ2v) is 8.34. The van der Waals surface area contributed by atoms with Crippen LogP contribution in [0.25, 0.3) is 0 Å². The van der Waals surface area contributed by atoms with Gasteiger partial charge in [0.15, 0.2) is 0 Å². The van der Waals surface area contributed by atoms with Gasteiger partial charge in [-0.05, 0) is 73.5 Å². The predicted molar refractivity (Wildman–Crippen MR) is 85.2 cm³/mol. The fourth-order valence-corrected chi connectivity index (χ4v) is 5.63. The molecule has 6 aliphatic rings. The van der Waals surface area contributed by atoms with Crippen LogP contribution < -0.4 is 0 Å². The van der Waals surface area contributed by atoms with Gasteiger partial charge in [0.05, 0.1) is 0 Å². The number of rotatable bonds is 0. The van der Waals surface area contributed by atoms with Gasteiger partial charge in [-0.2, -0.15) is 0 Å². The largest absolute Gasteiger partial charge is 0.0879 e. The van der Waals surface area contributed by atoms with Crippen LogP contribution in [-0.4, -0.2) is 0 Å². The van der Waals surface area contributed by atoms with Gasteiger partial charge < -0.3 is 0 Å². The molecule has 0 amide bonds. The van der Waals surface area contributed by atoms with Gasteiger partial charge in [0.1, 0.15) is 0 Å². The SMILES string of the molecule is C1=CC2C3C=CC(C3)C2C1.CC1=CCC2CC1C2(C)C. The van der Waals surface area contributed by atoms with E-state index in [0.29, 0.717) is 5.41 Å². The summed E-state index contributed by atoms with van der Waals surface area (Å²) in [6, 6.07) is 0. The van der Waals surface area contributed by atoms with E-state index in [9.17, 15) is 0 Å². The van der Waals surface area contributed by atoms with Gasteiger partial charge in [0.2, 0.25) is 0 Å². The minimum atomic E-state index is 0.638. The summed E-state index contributed by atoms with van der Waals surface area (Å²) in [4.78, 5) is 0. The van der Waals surface area contributed by atoms with Crippen molar-refractivity contribution in [3.05, 3.63) is 36.0 Å². The van der Waals surface area contributed by atoms with E-state index >= 15 is 0 Å². The molecule has 6 rings (SSSR count). The summed E-state index contributed by atoms with van der Waals surface area (Å²) in [6.07, 6.45) is 17.8. The Labute approximate surface area is 124 Å². The summed E-state index contributed by atoms with van der Waals surface area (Å²) < 4.78 is 0. The zero-order valence-electron chi connectivity index (χ0n) is 13.2. The van der Waals surface area contributed by atoms with Crippen molar-refractivity contribution in [1.29, 1.82) is 0 Å². The molecule has 6 unspecified atom stereocenters. The van der Waals surface area contributed by atoms with Gasteiger partial charge in [0, 0.05) is 0 Å². The molecular formula is C20H28. The third kappa shape index (κ3) is 1.73. The lowest BCUT2D eigenvalue weighted by Crippen LogP contribution is -2.47. The Hall–Kier alpha value is -0.780. The first-order valence-electron chi connectivity index (χ1n) is 8.59. The second kappa shape index (κ2) is 4.36. The fourth-order valence-electron chi connectivity index (χ4n) is 5.63. The summed E-state index contributed by atoms with van der Waals surface area (Å²) in [5, 5.41) is 0. The van der Waals surface area contributed by atoms with E-state index in [1.165, 1.54) is 25.7 Å². The molecule has 0 heteroatoms. The molecule has 0 aromatic rings. The van der Waals surface area contributed by atoms with Crippen LogP contribution in [0.3, 0.4) is 0 Å². The van der Waals surface area contributed by atoms with Gasteiger partial charge in [-0.25, -0.2) is 0 Å². The lowest BCUT2D eigenvalue weighted by atomic mass is 9.49. The first kappa shape index (κ1) is 12.9. The number of hydrogen-bond donors (Lipinski definition) is 0. The smallest absolute Gasteiger partial charge is 0.0133 e. The molecule has 6 aliphatic carbocycles. The first-order chi connectivity index (χ1) is 9.57. The van der Waals surface area contributed by atoms with Crippen molar-refractivity contribution < 1.29 is 0 Å². The zero-order chi connectivity index (χ0) is 13.9. The summed E-state index contributed by atoms with van der Waals surface area (Å²) in [5.41, 5.74) is 2.28. The lowest BCUT2D eigenvalue weighted by Gasteiger charge is -2.56. The van der Waals surface area contributed by atoms with Gasteiger partial charge >= 0.3 is 0 Å². The molecule has 20 heavy (non-hydrogen) atoms. The number of allylic oxidation sites excluding steroid dienone is 6. The van der Waals surface area contributed by atoms with Crippen molar-refractivity contribution in [3.63, 3.8) is 0 Å². The monoisotopic (exact) mass is 268 g/mol. The molecule has 0 saturated heterocycles. The van der Waals surface area contributed by atoms with Gasteiger partial charge in [-0.1, -0.05) is 49.8 Å². The Morgan fingerprint density at radius 3 is 2.40 bits per heavy atom. The third-order valence-electron chi connectivity index (χ3n) is 7.20. The molecule has 6 atom stereocenters. The van der Waals surface area contributed by atoms with Gasteiger partial charge in [0.25, 0.3) is 0 Å². The van der Waals surface area contributed by atoms with Crippen molar-refractivity contribution in [1.82, 2.24) is 0 Å². The highest BCUT2D eigenvalue weighted by Crippen LogP contribution is 2.58. The van der Waals surface area contributed by atoms with Crippen molar-refractivity contribution in [3.8, 4) is 0 Å². The minimum Gasteiger partial charge on any atom is -0.0879 e. The first-order valence-corrected chi connectivity index (χ1v) is 8.59. The van der Waals surface area contributed by atoms with Crippen molar-refractivity contribution in [2.75, 3.05) is 0 Å². The van der Waals surface area contributed by atoms with Crippen molar-refractivity contribution in [2.45, 2.75) is 46.5 Å². The van der Waals surface area contributed by atoms with E-state index in [1.54, 1.807) is 5.57 Å². The Morgan fingerprint density at radius 2 is 1.80 bits per heavy atom. The molecule has 0 spiro atoms. The molecule has 2 fully saturated rings. The highest BCUT2D eigenvalue weighted by atomic mass is 14.5. The molecule has 0 nitrogen and oxygen atoms in total. The highest BCUT2D eigenvalue weighted by molar-refractivity contribution is 5.22. The standard InChI is InChI=1S/C10H12.C10H16/c1-2-9-7-4-5-8(6-7)10(9)3-1;1-7-4-5-8-6-9(7)10(8,2)3/h1-2,4-5,7-10H,3,6H2;4,8-9H,5-6H2,1-3H3. The second-order valence-electron chi connectivity index (χ2n) is 8.34. The summed E-state index contributed by atoms with van der Waals surface area (Å²) in [5.74, 6) is 5.75. The van der Waals surface area contributed by atoms with Crippen LogP contribution in [0.15, 0.2) is 36.0 Å². The molecule has 0 radical (unpaired) electrons. The van der Waals surface area contributed by atoms with E-state index in [4.69, 9.17) is 0 Å². The van der Waals surface area contributed by atoms with Crippen LogP contribution in [0.1, 0.15) is 46.5 Å². The van der Waals surface area contributed by atoms with Crippen LogP contribution >= 0.6 is 0 Å². The van der Waals surface area contributed by atoms with Crippen LogP contribution in [0.4, 0.5) is 0 Å². The van der Waals surface area contributed by atoms with Crippen molar-refractivity contribution >= 4 is 0 Å². The maximum absolute atomic E-state index is 2.44. The Bertz CT molecular complexity index is 490. The van der Waals surface area contributed by atoms with Crippen LogP contribution in [0.2, 0.25) is 0 Å². The molecule has 0 aromatic heterocycles. The maximum Gasteiger partial charge on any atom is -0.0133 e. The summed E-state index contributed by atoms with van der Waals surface area (Å²) in [7, 11) is 0. The number of fused-ring (bicyclic) bond motifs is 6. The van der Waals surface area contributed by atoms with Crippen LogP contribution in [-0.2, 0) is 0 Å². The molecule has 0 heterocycles. The van der Waals surface area contributed by atoms with Gasteiger partial charge in [-0.15, -0.1) is 0 Å². The molecule has 4 bridgehead atoms. The Morgan fingerprint density at radius 1 is 1.00 bits per heavy atom. The Kier molecular flexibility index (Phi) is 2.81. The predicted octanol–water partition coefficient (Wildman–Crippen LogP) is 5.38. The molecule has 2 saturated carbocycles. The third-order valence-corrected chi connectivity index (χ3v) is 7.20. The van der Waals surface area contributed by atoms with E-state index in [-0.39, 0.29) is 0 Å². The average molecular weight is 268 g/mol. The number of hydrogen-bond acceptors (Lipinski definition) is 0. The normalized spacial score (nSPS) is 48.2. The molecule has 0 aromatic carbocycles. The van der Waals surface area contributed by atoms with E-state index in [2.05, 4.69) is 51.2 Å². The van der Waals surface area contributed by atoms with E-state index < -0.39 is 0 Å². The average Bonchev–Trinajstić information content (AvgIpc) is 3.13. The molecule has 0 N–H and O–H groups in total. The topological polar surface area (TPSA) is 0 Å². The van der Waals surface area contributed by atoms with Crippen LogP contribution in [0.5, 0.6) is 0 Å². The summed E-state index contributed by atoms with van der Waals surface area (Å²) >= 11 is 0.